The maximum absolute atomic E-state index is 5.79. The first-order chi connectivity index (χ1) is 11.3. The molecule has 1 fully saturated rings. The largest absolute Gasteiger partial charge is 0.378 e. The van der Waals surface area contributed by atoms with E-state index in [0.29, 0.717) is 31.4 Å². The number of benzene rings is 1. The molecule has 2 aromatic heterocycles. The van der Waals surface area contributed by atoms with Gasteiger partial charge in [0.05, 0.1) is 18.9 Å². The maximum Gasteiger partial charge on any atom is 0.254 e. The first-order valence-electron chi connectivity index (χ1n) is 7.70. The van der Waals surface area contributed by atoms with E-state index in [2.05, 4.69) is 20.0 Å². The predicted octanol–water partition coefficient (Wildman–Crippen LogP) is 1.09. The van der Waals surface area contributed by atoms with Gasteiger partial charge in [0.25, 0.3) is 5.78 Å². The van der Waals surface area contributed by atoms with Gasteiger partial charge in [-0.2, -0.15) is 9.50 Å². The van der Waals surface area contributed by atoms with Crippen LogP contribution >= 0.6 is 0 Å². The number of hydrogen-bond donors (Lipinski definition) is 1. The summed E-state index contributed by atoms with van der Waals surface area (Å²) >= 11 is 0. The third kappa shape index (κ3) is 2.64. The van der Waals surface area contributed by atoms with E-state index >= 15 is 0 Å². The summed E-state index contributed by atoms with van der Waals surface area (Å²) in [6.45, 7) is 3.44. The van der Waals surface area contributed by atoms with Crippen LogP contribution in [0.25, 0.3) is 17.2 Å². The molecule has 3 heterocycles. The summed E-state index contributed by atoms with van der Waals surface area (Å²) in [6.07, 6.45) is 0. The topological polar surface area (TPSA) is 81.6 Å². The number of nitrogens with zero attached hydrogens (tertiary/aromatic N) is 5. The number of hydrogen-bond acceptors (Lipinski definition) is 6. The Hall–Kier alpha value is -2.51. The van der Waals surface area contributed by atoms with Crippen LogP contribution in [-0.2, 0) is 11.3 Å². The summed E-state index contributed by atoms with van der Waals surface area (Å²) in [4.78, 5) is 11.3. The summed E-state index contributed by atoms with van der Waals surface area (Å²) in [5, 5.41) is 4.65. The van der Waals surface area contributed by atoms with Crippen LogP contribution in [0.4, 0.5) is 5.82 Å². The van der Waals surface area contributed by atoms with Crippen molar-refractivity contribution in [3.05, 3.63) is 42.1 Å². The molecule has 0 bridgehead atoms. The minimum absolute atomic E-state index is 0.376. The number of ether oxygens (including phenoxy) is 1. The van der Waals surface area contributed by atoms with Gasteiger partial charge in [-0.3, -0.25) is 0 Å². The van der Waals surface area contributed by atoms with Crippen LogP contribution in [0.5, 0.6) is 0 Å². The summed E-state index contributed by atoms with van der Waals surface area (Å²) in [6, 6.07) is 11.9. The molecule has 118 valence electrons. The van der Waals surface area contributed by atoms with Crippen LogP contribution in [0.3, 0.4) is 0 Å². The summed E-state index contributed by atoms with van der Waals surface area (Å²) in [7, 11) is 0. The predicted molar refractivity (Wildman–Crippen MR) is 87.1 cm³/mol. The van der Waals surface area contributed by atoms with Gasteiger partial charge in [-0.15, -0.1) is 5.10 Å². The molecule has 2 N–H and O–H groups in total. The Labute approximate surface area is 133 Å². The summed E-state index contributed by atoms with van der Waals surface area (Å²) < 4.78 is 7.24. The van der Waals surface area contributed by atoms with Gasteiger partial charge in [0.2, 0.25) is 0 Å². The van der Waals surface area contributed by atoms with Crippen molar-refractivity contribution in [2.75, 3.05) is 31.2 Å². The van der Waals surface area contributed by atoms with Crippen LogP contribution in [0.1, 0.15) is 5.69 Å². The molecule has 7 nitrogen and oxygen atoms in total. The highest BCUT2D eigenvalue weighted by Gasteiger charge is 2.18. The van der Waals surface area contributed by atoms with Gasteiger partial charge in [0, 0.05) is 31.3 Å². The van der Waals surface area contributed by atoms with Crippen molar-refractivity contribution in [3.63, 3.8) is 0 Å². The number of anilines is 1. The molecule has 23 heavy (non-hydrogen) atoms. The van der Waals surface area contributed by atoms with Gasteiger partial charge in [0.15, 0.2) is 5.82 Å². The zero-order valence-corrected chi connectivity index (χ0v) is 12.7. The Balaban J connectivity index is 1.85. The molecule has 1 aromatic carbocycles. The van der Waals surface area contributed by atoms with E-state index in [0.717, 1.165) is 30.2 Å². The van der Waals surface area contributed by atoms with Crippen molar-refractivity contribution < 1.29 is 4.74 Å². The number of fused-ring (bicyclic) bond motifs is 1. The van der Waals surface area contributed by atoms with Crippen molar-refractivity contribution in [2.45, 2.75) is 6.54 Å². The summed E-state index contributed by atoms with van der Waals surface area (Å²) in [5.41, 5.74) is 7.58. The lowest BCUT2D eigenvalue weighted by Crippen LogP contribution is -2.37. The lowest BCUT2D eigenvalue weighted by molar-refractivity contribution is 0.122. The second-order valence-electron chi connectivity index (χ2n) is 5.42. The van der Waals surface area contributed by atoms with Gasteiger partial charge in [0.1, 0.15) is 5.82 Å². The highest BCUT2D eigenvalue weighted by Crippen LogP contribution is 2.21. The quantitative estimate of drug-likeness (QED) is 0.780. The maximum atomic E-state index is 5.79. The standard InChI is InChI=1S/C16H18N6O/c17-11-13-10-14(21-6-8-23-9-7-21)22-16(18-13)19-15(20-22)12-4-2-1-3-5-12/h1-5,10H,6-9,11,17H2. The van der Waals surface area contributed by atoms with E-state index in [1.165, 1.54) is 0 Å². The molecule has 0 aliphatic carbocycles. The lowest BCUT2D eigenvalue weighted by atomic mass is 10.2. The van der Waals surface area contributed by atoms with E-state index in [1.807, 2.05) is 36.4 Å². The fourth-order valence-electron chi connectivity index (χ4n) is 2.73. The molecule has 0 atom stereocenters. The van der Waals surface area contributed by atoms with Crippen molar-refractivity contribution in [2.24, 2.45) is 5.73 Å². The molecular formula is C16H18N6O. The minimum atomic E-state index is 0.376. The van der Waals surface area contributed by atoms with Crippen LogP contribution in [-0.4, -0.2) is 45.9 Å². The molecule has 0 radical (unpaired) electrons. The molecule has 7 heteroatoms. The zero-order valence-electron chi connectivity index (χ0n) is 12.7. The molecule has 0 saturated carbocycles. The van der Waals surface area contributed by atoms with Crippen molar-refractivity contribution in [1.82, 2.24) is 19.6 Å². The van der Waals surface area contributed by atoms with Gasteiger partial charge in [-0.05, 0) is 0 Å². The Morgan fingerprint density at radius 2 is 1.87 bits per heavy atom. The average Bonchev–Trinajstić information content (AvgIpc) is 3.06. The fraction of sp³-hybridized carbons (Fsp3) is 0.312. The Morgan fingerprint density at radius 3 is 2.61 bits per heavy atom. The first kappa shape index (κ1) is 14.1. The highest BCUT2D eigenvalue weighted by atomic mass is 16.5. The number of aromatic nitrogens is 4. The average molecular weight is 310 g/mol. The molecule has 0 spiro atoms. The second kappa shape index (κ2) is 5.94. The van der Waals surface area contributed by atoms with Crippen LogP contribution in [0.2, 0.25) is 0 Å². The fourth-order valence-corrected chi connectivity index (χ4v) is 2.73. The molecule has 0 amide bonds. The smallest absolute Gasteiger partial charge is 0.254 e. The molecule has 1 saturated heterocycles. The Kier molecular flexibility index (Phi) is 3.64. The number of nitrogens with two attached hydrogens (primary N) is 1. The number of morpholine rings is 1. The van der Waals surface area contributed by atoms with Gasteiger partial charge < -0.3 is 15.4 Å². The highest BCUT2D eigenvalue weighted by molar-refractivity contribution is 5.58. The van der Waals surface area contributed by atoms with E-state index in [-0.39, 0.29) is 0 Å². The van der Waals surface area contributed by atoms with Gasteiger partial charge in [-0.1, -0.05) is 30.3 Å². The lowest BCUT2D eigenvalue weighted by Gasteiger charge is -2.28. The molecule has 3 aromatic rings. The molecule has 1 aliphatic rings. The molecule has 1 aliphatic heterocycles. The zero-order chi connectivity index (χ0) is 15.6. The van der Waals surface area contributed by atoms with E-state index in [1.54, 1.807) is 4.52 Å². The number of rotatable bonds is 3. The molecule has 0 unspecified atom stereocenters. The van der Waals surface area contributed by atoms with E-state index < -0.39 is 0 Å². The Morgan fingerprint density at radius 1 is 1.09 bits per heavy atom. The summed E-state index contributed by atoms with van der Waals surface area (Å²) in [5.74, 6) is 2.21. The van der Waals surface area contributed by atoms with Crippen molar-refractivity contribution >= 4 is 11.6 Å². The van der Waals surface area contributed by atoms with E-state index in [4.69, 9.17) is 10.5 Å². The first-order valence-corrected chi connectivity index (χ1v) is 7.70. The third-order valence-corrected chi connectivity index (χ3v) is 3.92. The van der Waals surface area contributed by atoms with Crippen LogP contribution < -0.4 is 10.6 Å². The van der Waals surface area contributed by atoms with Crippen molar-refractivity contribution in [3.8, 4) is 11.4 Å². The van der Waals surface area contributed by atoms with Crippen LogP contribution in [0.15, 0.2) is 36.4 Å². The molecule has 4 rings (SSSR count). The van der Waals surface area contributed by atoms with Crippen molar-refractivity contribution in [1.29, 1.82) is 0 Å². The minimum Gasteiger partial charge on any atom is -0.378 e. The van der Waals surface area contributed by atoms with Gasteiger partial charge >= 0.3 is 0 Å². The normalized spacial score (nSPS) is 15.3. The molecular weight excluding hydrogens is 292 g/mol. The second-order valence-corrected chi connectivity index (χ2v) is 5.42. The monoisotopic (exact) mass is 310 g/mol. The Bertz CT molecular complexity index is 810. The van der Waals surface area contributed by atoms with Crippen LogP contribution in [0, 0.1) is 0 Å². The SMILES string of the molecule is NCc1cc(N2CCOCC2)n2nc(-c3ccccc3)nc2n1. The third-order valence-electron chi connectivity index (χ3n) is 3.92. The van der Waals surface area contributed by atoms with Gasteiger partial charge in [-0.25, -0.2) is 4.98 Å². The van der Waals surface area contributed by atoms with E-state index in [9.17, 15) is 0 Å².